The number of carbonyl (C=O) groups is 1. The van der Waals surface area contributed by atoms with Gasteiger partial charge in [0.05, 0.1) is 0 Å². The van der Waals surface area contributed by atoms with Crippen molar-refractivity contribution in [3.8, 4) is 0 Å². The Balaban J connectivity index is 2.11. The number of Topliss-reactive ketones (excluding diaryl/α,β-unsaturated/α-hetero) is 1. The molecule has 3 aromatic rings. The molecule has 11 heteroatoms. The van der Waals surface area contributed by atoms with Gasteiger partial charge < -0.3 is 0 Å². The van der Waals surface area contributed by atoms with Crippen LogP contribution in [0.1, 0.15) is 28.4 Å². The normalized spacial score (nSPS) is 11.8. The Labute approximate surface area is 185 Å². The Bertz CT molecular complexity index is 1280. The van der Waals surface area contributed by atoms with Crippen LogP contribution in [0.5, 0.6) is 0 Å². The predicted molar refractivity (Wildman–Crippen MR) is 106 cm³/mol. The van der Waals surface area contributed by atoms with Gasteiger partial charge in [-0.05, 0) is 30.2 Å². The lowest BCUT2D eigenvalue weighted by Gasteiger charge is -2.23. The molecule has 0 atom stereocenters. The minimum absolute atomic E-state index is 0.184. The zero-order valence-corrected chi connectivity index (χ0v) is 17.7. The van der Waals surface area contributed by atoms with Crippen LogP contribution in [0.4, 0.5) is 26.3 Å². The minimum atomic E-state index is -5.28. The molecule has 0 aliphatic rings. The van der Waals surface area contributed by atoms with E-state index in [0.29, 0.717) is 9.87 Å². The average molecular weight is 487 g/mol. The van der Waals surface area contributed by atoms with Gasteiger partial charge in [-0.2, -0.15) is 4.31 Å². The molecule has 0 heterocycles. The number of sulfonamides is 1. The second-order valence-corrected chi connectivity index (χ2v) is 8.93. The lowest BCUT2D eigenvalue weighted by molar-refractivity contribution is 0.101. The van der Waals surface area contributed by atoms with Crippen LogP contribution in [0.15, 0.2) is 53.4 Å². The van der Waals surface area contributed by atoms with Gasteiger partial charge in [0.15, 0.2) is 33.9 Å². The van der Waals surface area contributed by atoms with Gasteiger partial charge in [-0.1, -0.05) is 36.4 Å². The third kappa shape index (κ3) is 4.93. The van der Waals surface area contributed by atoms with Crippen molar-refractivity contribution in [2.45, 2.75) is 24.9 Å². The number of carbonyl (C=O) groups excluding carboxylic acids is 1. The summed E-state index contributed by atoms with van der Waals surface area (Å²) in [6.45, 7) is 0.192. The molecule has 0 aliphatic carbocycles. The van der Waals surface area contributed by atoms with Gasteiger partial charge >= 0.3 is 0 Å². The van der Waals surface area contributed by atoms with Crippen molar-refractivity contribution in [2.24, 2.45) is 0 Å². The molecule has 33 heavy (non-hydrogen) atoms. The fourth-order valence-corrected chi connectivity index (χ4v) is 4.54. The Morgan fingerprint density at radius 3 is 1.52 bits per heavy atom. The molecule has 0 fully saturated rings. The van der Waals surface area contributed by atoms with Gasteiger partial charge in [-0.25, -0.2) is 34.8 Å². The average Bonchev–Trinajstić information content (AvgIpc) is 2.77. The summed E-state index contributed by atoms with van der Waals surface area (Å²) < 4.78 is 109. The molecule has 0 aliphatic heterocycles. The van der Waals surface area contributed by atoms with E-state index in [2.05, 4.69) is 0 Å². The Morgan fingerprint density at radius 1 is 0.697 bits per heavy atom. The lowest BCUT2D eigenvalue weighted by Crippen LogP contribution is -2.32. The summed E-state index contributed by atoms with van der Waals surface area (Å²) in [6, 6.07) is 9.97. The van der Waals surface area contributed by atoms with Crippen LogP contribution in [-0.2, 0) is 23.1 Å². The molecule has 0 radical (unpaired) electrons. The summed E-state index contributed by atoms with van der Waals surface area (Å²) in [5, 5.41) is 0. The number of rotatable bonds is 7. The van der Waals surface area contributed by atoms with E-state index in [1.54, 1.807) is 0 Å². The summed E-state index contributed by atoms with van der Waals surface area (Å²) in [7, 11) is -5.28. The molecule has 0 bridgehead atoms. The number of nitrogens with zero attached hydrogens (tertiary/aromatic N) is 1. The van der Waals surface area contributed by atoms with Crippen LogP contribution < -0.4 is 0 Å². The smallest absolute Gasteiger partial charge is 0.249 e. The molecule has 3 rings (SSSR count). The number of benzene rings is 3. The molecular weight excluding hydrogens is 472 g/mol. The summed E-state index contributed by atoms with van der Waals surface area (Å²) in [5.74, 6) is -13.2. The van der Waals surface area contributed by atoms with Crippen molar-refractivity contribution < 1.29 is 39.6 Å². The van der Waals surface area contributed by atoms with E-state index in [1.807, 2.05) is 0 Å². The maximum Gasteiger partial charge on any atom is 0.249 e. The highest BCUT2D eigenvalue weighted by Crippen LogP contribution is 2.30. The summed E-state index contributed by atoms with van der Waals surface area (Å²) >= 11 is 0. The molecule has 0 N–H and O–H groups in total. The van der Waals surface area contributed by atoms with Crippen LogP contribution in [0, 0.1) is 34.9 Å². The van der Waals surface area contributed by atoms with Crippen LogP contribution in [0.3, 0.4) is 0 Å². The highest BCUT2D eigenvalue weighted by Gasteiger charge is 2.37. The van der Waals surface area contributed by atoms with Crippen LogP contribution in [0.25, 0.3) is 0 Å². The maximum atomic E-state index is 14.3. The molecule has 0 saturated heterocycles. The van der Waals surface area contributed by atoms with Crippen molar-refractivity contribution in [1.82, 2.24) is 4.31 Å². The second kappa shape index (κ2) is 9.36. The molecule has 174 valence electrons. The first-order valence-corrected chi connectivity index (χ1v) is 10.7. The highest BCUT2D eigenvalue weighted by molar-refractivity contribution is 7.89. The van der Waals surface area contributed by atoms with Gasteiger partial charge in [0.1, 0.15) is 5.82 Å². The third-order valence-electron chi connectivity index (χ3n) is 4.76. The molecule has 0 spiro atoms. The number of hydrogen-bond donors (Lipinski definition) is 0. The first-order valence-electron chi connectivity index (χ1n) is 9.29. The third-order valence-corrected chi connectivity index (χ3v) is 6.57. The Hall–Kier alpha value is -3.18. The first kappa shape index (κ1) is 24.5. The number of ketones is 1. The molecule has 0 saturated carbocycles. The van der Waals surface area contributed by atoms with E-state index >= 15 is 0 Å². The second-order valence-electron chi connectivity index (χ2n) is 7.05. The van der Waals surface area contributed by atoms with Crippen molar-refractivity contribution in [2.75, 3.05) is 0 Å². The zero-order valence-electron chi connectivity index (χ0n) is 16.9. The van der Waals surface area contributed by atoms with E-state index in [9.17, 15) is 39.6 Å². The standard InChI is InChI=1S/C22H15F6NO3S/c1-12(30)15-6-2-13(3-7-15)10-29(11-14-4-8-16(23)9-5-14)33(31,32)22-20(27)18(25)17(24)19(26)21(22)28/h2-9H,10-11H2,1H3. The van der Waals surface area contributed by atoms with E-state index < -0.39 is 62.9 Å². The van der Waals surface area contributed by atoms with Crippen LogP contribution in [-0.4, -0.2) is 18.5 Å². The van der Waals surface area contributed by atoms with Gasteiger partial charge in [0, 0.05) is 18.7 Å². The summed E-state index contributed by atoms with van der Waals surface area (Å²) in [5.41, 5.74) is 0.755. The maximum absolute atomic E-state index is 14.3. The molecular formula is C22H15F6NO3S. The zero-order chi connectivity index (χ0) is 24.5. The fourth-order valence-electron chi connectivity index (χ4n) is 3.01. The van der Waals surface area contributed by atoms with Crippen LogP contribution >= 0.6 is 0 Å². The molecule has 0 amide bonds. The summed E-state index contributed by atoms with van der Waals surface area (Å²) in [6.07, 6.45) is 0. The SMILES string of the molecule is CC(=O)c1ccc(CN(Cc2ccc(F)cc2)S(=O)(=O)c2c(F)c(F)c(F)c(F)c2F)cc1. The Kier molecular flexibility index (Phi) is 6.94. The molecule has 0 aromatic heterocycles. The first-order chi connectivity index (χ1) is 15.4. The van der Waals surface area contributed by atoms with E-state index in [-0.39, 0.29) is 16.9 Å². The number of hydrogen-bond acceptors (Lipinski definition) is 3. The quantitative estimate of drug-likeness (QED) is 0.201. The van der Waals surface area contributed by atoms with Crippen molar-refractivity contribution >= 4 is 15.8 Å². The van der Waals surface area contributed by atoms with E-state index in [0.717, 1.165) is 12.1 Å². The molecule has 4 nitrogen and oxygen atoms in total. The summed E-state index contributed by atoms with van der Waals surface area (Å²) in [4.78, 5) is 9.44. The van der Waals surface area contributed by atoms with E-state index in [4.69, 9.17) is 0 Å². The van der Waals surface area contributed by atoms with Crippen molar-refractivity contribution in [3.63, 3.8) is 0 Å². The van der Waals surface area contributed by atoms with E-state index in [1.165, 1.54) is 43.3 Å². The topological polar surface area (TPSA) is 54.5 Å². The monoisotopic (exact) mass is 487 g/mol. The van der Waals surface area contributed by atoms with Gasteiger partial charge in [-0.3, -0.25) is 4.79 Å². The van der Waals surface area contributed by atoms with Crippen molar-refractivity contribution in [1.29, 1.82) is 0 Å². The van der Waals surface area contributed by atoms with Gasteiger partial charge in [0.25, 0.3) is 0 Å². The fraction of sp³-hybridized carbons (Fsp3) is 0.136. The largest absolute Gasteiger partial charge is 0.295 e. The lowest BCUT2D eigenvalue weighted by atomic mass is 10.1. The van der Waals surface area contributed by atoms with Crippen LogP contribution in [0.2, 0.25) is 0 Å². The van der Waals surface area contributed by atoms with Crippen molar-refractivity contribution in [3.05, 3.63) is 100 Å². The Morgan fingerprint density at radius 2 is 1.09 bits per heavy atom. The van der Waals surface area contributed by atoms with Gasteiger partial charge in [0.2, 0.25) is 15.8 Å². The molecule has 0 unspecified atom stereocenters. The van der Waals surface area contributed by atoms with Gasteiger partial charge in [-0.15, -0.1) is 0 Å². The number of halogens is 6. The molecule has 3 aromatic carbocycles. The predicted octanol–water partition coefficient (Wildman–Crippen LogP) is 5.11. The minimum Gasteiger partial charge on any atom is -0.295 e. The highest BCUT2D eigenvalue weighted by atomic mass is 32.2.